The molecular weight excluding hydrogens is 428 g/mol. The molecule has 164 valence electrons. The number of nitrogens with zero attached hydrogens (tertiary/aromatic N) is 4. The fraction of sp³-hybridized carbons (Fsp3) is 0.500. The number of nitrogens with one attached hydrogen (secondary N) is 3. The molecule has 11 heteroatoms. The van der Waals surface area contributed by atoms with Crippen LogP contribution in [-0.2, 0) is 0 Å². The summed E-state index contributed by atoms with van der Waals surface area (Å²) >= 11 is 6.09. The van der Waals surface area contributed by atoms with Crippen LogP contribution in [0.1, 0.15) is 64.6 Å². The van der Waals surface area contributed by atoms with Crippen LogP contribution in [0.25, 0.3) is 0 Å². The highest BCUT2D eigenvalue weighted by Crippen LogP contribution is 2.38. The standard InChI is InChI=1S/C20H22ClF2N7O/c1-9-10(2)16(27-18(21)14(9)6-24)19(31)26-12-3-4-15-13(5-12)17(29-28-15)11-7-25-30(8-11)20(22)23/h7-8,12-13,15,17,20,28-29H,3-5H2,1-2H3,(H,26,31). The topological polar surface area (TPSA) is 108 Å². The zero-order valence-corrected chi connectivity index (χ0v) is 17.7. The second kappa shape index (κ2) is 8.49. The first kappa shape index (κ1) is 21.6. The Morgan fingerprint density at radius 3 is 2.81 bits per heavy atom. The van der Waals surface area contributed by atoms with Crippen LogP contribution < -0.4 is 16.2 Å². The quantitative estimate of drug-likeness (QED) is 0.619. The number of hydrogen-bond donors (Lipinski definition) is 3. The number of carbonyl (C=O) groups excluding carboxylic acids is 1. The fourth-order valence-electron chi connectivity index (χ4n) is 4.50. The van der Waals surface area contributed by atoms with Gasteiger partial charge in [0.15, 0.2) is 0 Å². The number of pyridine rings is 1. The van der Waals surface area contributed by atoms with Gasteiger partial charge >= 0.3 is 6.55 Å². The maximum atomic E-state index is 12.9. The molecule has 1 saturated carbocycles. The first-order valence-corrected chi connectivity index (χ1v) is 10.4. The largest absolute Gasteiger partial charge is 0.348 e. The number of amides is 1. The van der Waals surface area contributed by atoms with Gasteiger partial charge in [-0.25, -0.2) is 15.1 Å². The summed E-state index contributed by atoms with van der Waals surface area (Å²) in [5.74, 6) is -0.230. The summed E-state index contributed by atoms with van der Waals surface area (Å²) in [5.41, 5.74) is 8.84. The van der Waals surface area contributed by atoms with Gasteiger partial charge in [0, 0.05) is 23.8 Å². The Bertz CT molecular complexity index is 1050. The molecule has 3 heterocycles. The summed E-state index contributed by atoms with van der Waals surface area (Å²) in [7, 11) is 0. The van der Waals surface area contributed by atoms with Crippen LogP contribution in [0, 0.1) is 31.1 Å². The Labute approximate surface area is 182 Å². The van der Waals surface area contributed by atoms with E-state index >= 15 is 0 Å². The first-order chi connectivity index (χ1) is 14.8. The molecule has 0 aromatic carbocycles. The third kappa shape index (κ3) is 4.01. The molecule has 0 spiro atoms. The Morgan fingerprint density at radius 1 is 1.35 bits per heavy atom. The summed E-state index contributed by atoms with van der Waals surface area (Å²) in [6, 6.07) is 1.92. The van der Waals surface area contributed by atoms with Gasteiger partial charge in [0.2, 0.25) is 0 Å². The van der Waals surface area contributed by atoms with Crippen molar-refractivity contribution in [3.8, 4) is 6.07 Å². The number of alkyl halides is 2. The minimum Gasteiger partial charge on any atom is -0.348 e. The SMILES string of the molecule is Cc1c(C(=O)NC2CCC3NNC(c4cnn(C(F)F)c4)C3C2)nc(Cl)c(C#N)c1C. The Balaban J connectivity index is 1.48. The summed E-state index contributed by atoms with van der Waals surface area (Å²) in [6.45, 7) is 0.798. The summed E-state index contributed by atoms with van der Waals surface area (Å²) in [4.78, 5) is 17.1. The van der Waals surface area contributed by atoms with E-state index in [-0.39, 0.29) is 46.4 Å². The van der Waals surface area contributed by atoms with Crippen molar-refractivity contribution in [1.29, 1.82) is 5.26 Å². The van der Waals surface area contributed by atoms with Crippen LogP contribution in [0.4, 0.5) is 8.78 Å². The molecule has 0 bridgehead atoms. The molecular formula is C20H22ClF2N7O. The number of fused-ring (bicyclic) bond motifs is 1. The van der Waals surface area contributed by atoms with Crippen molar-refractivity contribution in [3.05, 3.63) is 45.5 Å². The third-order valence-corrected chi connectivity index (χ3v) is 6.58. The minimum atomic E-state index is -2.68. The number of halogens is 3. The highest BCUT2D eigenvalue weighted by atomic mass is 35.5. The van der Waals surface area contributed by atoms with E-state index in [0.717, 1.165) is 12.8 Å². The van der Waals surface area contributed by atoms with Crippen molar-refractivity contribution >= 4 is 17.5 Å². The fourth-order valence-corrected chi connectivity index (χ4v) is 4.77. The summed E-state index contributed by atoms with van der Waals surface area (Å²) < 4.78 is 26.4. The molecule has 1 aliphatic carbocycles. The van der Waals surface area contributed by atoms with Gasteiger partial charge in [0.05, 0.1) is 17.8 Å². The van der Waals surface area contributed by atoms with Gasteiger partial charge in [0.1, 0.15) is 16.9 Å². The molecule has 1 saturated heterocycles. The number of rotatable bonds is 4. The average Bonchev–Trinajstić information content (AvgIpc) is 3.37. The van der Waals surface area contributed by atoms with Gasteiger partial charge in [0.25, 0.3) is 5.91 Å². The second-order valence-electron chi connectivity index (χ2n) is 8.04. The molecule has 1 amide bonds. The van der Waals surface area contributed by atoms with E-state index in [0.29, 0.717) is 27.8 Å². The molecule has 31 heavy (non-hydrogen) atoms. The second-order valence-corrected chi connectivity index (χ2v) is 8.40. The van der Waals surface area contributed by atoms with E-state index in [2.05, 4.69) is 26.3 Å². The molecule has 2 aliphatic rings. The molecule has 3 N–H and O–H groups in total. The van der Waals surface area contributed by atoms with E-state index < -0.39 is 6.55 Å². The van der Waals surface area contributed by atoms with Crippen molar-refractivity contribution in [2.45, 2.75) is 57.8 Å². The Morgan fingerprint density at radius 2 is 2.13 bits per heavy atom. The molecule has 4 rings (SSSR count). The van der Waals surface area contributed by atoms with E-state index in [4.69, 9.17) is 11.6 Å². The summed E-state index contributed by atoms with van der Waals surface area (Å²) in [6.07, 6.45) is 5.06. The lowest BCUT2D eigenvalue weighted by atomic mass is 9.77. The van der Waals surface area contributed by atoms with Crippen LogP contribution in [0.2, 0.25) is 5.15 Å². The third-order valence-electron chi connectivity index (χ3n) is 6.30. The molecule has 2 aromatic rings. The first-order valence-electron chi connectivity index (χ1n) is 10.0. The highest BCUT2D eigenvalue weighted by molar-refractivity contribution is 6.30. The van der Waals surface area contributed by atoms with Gasteiger partial charge in [-0.05, 0) is 50.2 Å². The normalized spacial score (nSPS) is 25.3. The van der Waals surface area contributed by atoms with E-state index in [9.17, 15) is 18.8 Å². The van der Waals surface area contributed by atoms with Crippen molar-refractivity contribution in [3.63, 3.8) is 0 Å². The molecule has 8 nitrogen and oxygen atoms in total. The summed E-state index contributed by atoms with van der Waals surface area (Å²) in [5, 5.41) is 16.0. The molecule has 2 aromatic heterocycles. The molecule has 1 aliphatic heterocycles. The number of hydrogen-bond acceptors (Lipinski definition) is 6. The number of carbonyl (C=O) groups is 1. The highest BCUT2D eigenvalue weighted by Gasteiger charge is 2.42. The minimum absolute atomic E-state index is 0.0137. The lowest BCUT2D eigenvalue weighted by Crippen LogP contribution is -2.44. The van der Waals surface area contributed by atoms with E-state index in [1.54, 1.807) is 13.8 Å². The van der Waals surface area contributed by atoms with Crippen molar-refractivity contribution in [2.24, 2.45) is 5.92 Å². The smallest absolute Gasteiger partial charge is 0.333 e. The van der Waals surface area contributed by atoms with Gasteiger partial charge in [-0.1, -0.05) is 11.6 Å². The van der Waals surface area contributed by atoms with Crippen LogP contribution in [-0.4, -0.2) is 32.8 Å². The Hall–Kier alpha value is -2.61. The zero-order valence-electron chi connectivity index (χ0n) is 17.0. The molecule has 0 radical (unpaired) electrons. The van der Waals surface area contributed by atoms with Crippen LogP contribution in [0.15, 0.2) is 12.4 Å². The van der Waals surface area contributed by atoms with Crippen molar-refractivity contribution in [1.82, 2.24) is 30.9 Å². The maximum Gasteiger partial charge on any atom is 0.333 e. The van der Waals surface area contributed by atoms with E-state index in [1.165, 1.54) is 12.4 Å². The number of aromatic nitrogens is 3. The van der Waals surface area contributed by atoms with Crippen LogP contribution in [0.3, 0.4) is 0 Å². The van der Waals surface area contributed by atoms with Gasteiger partial charge in [-0.2, -0.15) is 19.1 Å². The molecule has 2 fully saturated rings. The average molecular weight is 450 g/mol. The predicted octanol–water partition coefficient (Wildman–Crippen LogP) is 2.93. The van der Waals surface area contributed by atoms with Crippen molar-refractivity contribution in [2.75, 3.05) is 0 Å². The van der Waals surface area contributed by atoms with Crippen molar-refractivity contribution < 1.29 is 13.6 Å². The predicted molar refractivity (Wildman–Crippen MR) is 108 cm³/mol. The molecule has 4 atom stereocenters. The zero-order chi connectivity index (χ0) is 22.3. The van der Waals surface area contributed by atoms with Gasteiger partial charge < -0.3 is 5.32 Å². The Kier molecular flexibility index (Phi) is 5.92. The van der Waals surface area contributed by atoms with E-state index in [1.807, 2.05) is 6.07 Å². The number of hydrazine groups is 1. The lowest BCUT2D eigenvalue weighted by Gasteiger charge is -2.33. The molecule has 4 unspecified atom stereocenters. The monoisotopic (exact) mass is 449 g/mol. The lowest BCUT2D eigenvalue weighted by molar-refractivity contribution is 0.0564. The van der Waals surface area contributed by atoms with Gasteiger partial charge in [-0.3, -0.25) is 10.2 Å². The van der Waals surface area contributed by atoms with Crippen LogP contribution >= 0.6 is 11.6 Å². The van der Waals surface area contributed by atoms with Crippen LogP contribution in [0.5, 0.6) is 0 Å². The maximum absolute atomic E-state index is 12.9. The van der Waals surface area contributed by atoms with Gasteiger partial charge in [-0.15, -0.1) is 0 Å². The number of nitriles is 1.